The average Bonchev–Trinajstić information content (AvgIpc) is 3.73. The average molecular weight is 548 g/mol. The first-order valence-corrected chi connectivity index (χ1v) is 14.7. The number of nitrogens with one attached hydrogen (secondary N) is 2. The van der Waals surface area contributed by atoms with Gasteiger partial charge in [0.15, 0.2) is 0 Å². The van der Waals surface area contributed by atoms with Crippen LogP contribution in [0.25, 0.3) is 0 Å². The Kier molecular flexibility index (Phi) is 9.54. The predicted molar refractivity (Wildman–Crippen MR) is 157 cm³/mol. The smallest absolute Gasteiger partial charge is 0.408 e. The molecule has 40 heavy (non-hydrogen) atoms. The van der Waals surface area contributed by atoms with Crippen molar-refractivity contribution in [2.75, 3.05) is 0 Å². The molecule has 2 aliphatic carbocycles. The molecule has 2 atom stereocenters. The maximum absolute atomic E-state index is 14.5. The van der Waals surface area contributed by atoms with E-state index in [1.807, 2.05) is 62.4 Å². The number of carbonyl (C=O) groups excluding carboxylic acids is 3. The van der Waals surface area contributed by atoms with Crippen LogP contribution >= 0.6 is 0 Å². The summed E-state index contributed by atoms with van der Waals surface area (Å²) in [4.78, 5) is 43.3. The van der Waals surface area contributed by atoms with E-state index in [4.69, 9.17) is 4.74 Å². The molecule has 0 saturated heterocycles. The molecule has 0 aliphatic heterocycles. The molecule has 4 rings (SSSR count). The van der Waals surface area contributed by atoms with E-state index < -0.39 is 23.8 Å². The first-order valence-electron chi connectivity index (χ1n) is 14.7. The largest absolute Gasteiger partial charge is 0.444 e. The van der Waals surface area contributed by atoms with Crippen LogP contribution in [0.15, 0.2) is 48.5 Å². The monoisotopic (exact) mass is 547 g/mol. The summed E-state index contributed by atoms with van der Waals surface area (Å²) in [7, 11) is 0. The number of amides is 3. The Bertz CT molecular complexity index is 1180. The summed E-state index contributed by atoms with van der Waals surface area (Å²) in [6, 6.07) is 14.1. The SMILES string of the molecule is Cc1ccc(C)c(C(C(=O)NC2CCCCC2)N(C(=O)C(Cc2ccccc2)NC(=O)OC(C)(C)C)C2CC2)c1. The Morgan fingerprint density at radius 3 is 2.25 bits per heavy atom. The zero-order valence-electron chi connectivity index (χ0n) is 24.7. The van der Waals surface area contributed by atoms with Crippen LogP contribution < -0.4 is 10.6 Å². The van der Waals surface area contributed by atoms with Gasteiger partial charge in [-0.25, -0.2) is 4.79 Å². The molecule has 2 aromatic carbocycles. The lowest BCUT2D eigenvalue weighted by atomic mass is 9.93. The first kappa shape index (κ1) is 29.6. The van der Waals surface area contributed by atoms with E-state index in [0.29, 0.717) is 6.42 Å². The lowest BCUT2D eigenvalue weighted by molar-refractivity contribution is -0.143. The third-order valence-corrected chi connectivity index (χ3v) is 7.67. The van der Waals surface area contributed by atoms with E-state index in [0.717, 1.165) is 60.8 Å². The van der Waals surface area contributed by atoms with Crippen molar-refractivity contribution in [3.05, 3.63) is 70.8 Å². The second-order valence-electron chi connectivity index (χ2n) is 12.5. The van der Waals surface area contributed by atoms with Crippen LogP contribution in [0.1, 0.15) is 94.0 Å². The molecule has 0 aromatic heterocycles. The Labute approximate surface area is 239 Å². The minimum Gasteiger partial charge on any atom is -0.444 e. The molecule has 2 aliphatic rings. The summed E-state index contributed by atoms with van der Waals surface area (Å²) >= 11 is 0. The van der Waals surface area contributed by atoms with E-state index in [-0.39, 0.29) is 23.9 Å². The number of carbonyl (C=O) groups is 3. The van der Waals surface area contributed by atoms with Crippen molar-refractivity contribution in [1.82, 2.24) is 15.5 Å². The van der Waals surface area contributed by atoms with Gasteiger partial charge < -0.3 is 20.3 Å². The molecular weight excluding hydrogens is 502 g/mol. The Morgan fingerprint density at radius 1 is 0.950 bits per heavy atom. The van der Waals surface area contributed by atoms with E-state index in [1.165, 1.54) is 6.42 Å². The lowest BCUT2D eigenvalue weighted by Gasteiger charge is -2.36. The summed E-state index contributed by atoms with van der Waals surface area (Å²) < 4.78 is 5.54. The third-order valence-electron chi connectivity index (χ3n) is 7.67. The van der Waals surface area contributed by atoms with Crippen LogP contribution in [0.4, 0.5) is 4.79 Å². The highest BCUT2D eigenvalue weighted by molar-refractivity contribution is 5.93. The van der Waals surface area contributed by atoms with E-state index in [2.05, 4.69) is 10.6 Å². The number of rotatable bonds is 9. The van der Waals surface area contributed by atoms with Crippen molar-refractivity contribution < 1.29 is 19.1 Å². The summed E-state index contributed by atoms with van der Waals surface area (Å²) in [5.41, 5.74) is 3.05. The first-order chi connectivity index (χ1) is 19.0. The lowest BCUT2D eigenvalue weighted by Crippen LogP contribution is -2.55. The van der Waals surface area contributed by atoms with Crippen molar-refractivity contribution in [3.8, 4) is 0 Å². The second-order valence-corrected chi connectivity index (χ2v) is 12.5. The number of nitrogens with zero attached hydrogens (tertiary/aromatic N) is 1. The summed E-state index contributed by atoms with van der Waals surface area (Å²) in [6.07, 6.45) is 6.62. The van der Waals surface area contributed by atoms with Crippen LogP contribution in [-0.4, -0.2) is 46.5 Å². The normalized spacial score (nSPS) is 17.4. The number of hydrogen-bond donors (Lipinski definition) is 2. The molecule has 0 bridgehead atoms. The maximum Gasteiger partial charge on any atom is 0.408 e. The van der Waals surface area contributed by atoms with Crippen molar-refractivity contribution in [1.29, 1.82) is 0 Å². The summed E-state index contributed by atoms with van der Waals surface area (Å²) in [6.45, 7) is 9.38. The van der Waals surface area contributed by atoms with Crippen molar-refractivity contribution >= 4 is 17.9 Å². The molecule has 216 valence electrons. The van der Waals surface area contributed by atoms with Crippen LogP contribution in [0.5, 0.6) is 0 Å². The zero-order valence-corrected chi connectivity index (χ0v) is 24.7. The number of benzene rings is 2. The highest BCUT2D eigenvalue weighted by Crippen LogP contribution is 2.37. The van der Waals surface area contributed by atoms with Gasteiger partial charge in [-0.1, -0.05) is 73.4 Å². The van der Waals surface area contributed by atoms with Gasteiger partial charge in [0.25, 0.3) is 0 Å². The maximum atomic E-state index is 14.5. The van der Waals surface area contributed by atoms with Gasteiger partial charge >= 0.3 is 6.09 Å². The quantitative estimate of drug-likeness (QED) is 0.408. The summed E-state index contributed by atoms with van der Waals surface area (Å²) in [5, 5.41) is 6.15. The highest BCUT2D eigenvalue weighted by Gasteiger charge is 2.45. The molecule has 3 amide bonds. The van der Waals surface area contributed by atoms with Gasteiger partial charge in [-0.05, 0) is 77.0 Å². The fourth-order valence-corrected chi connectivity index (χ4v) is 5.55. The molecule has 0 spiro atoms. The Balaban J connectivity index is 1.70. The zero-order chi connectivity index (χ0) is 28.9. The predicted octanol–water partition coefficient (Wildman–Crippen LogP) is 5.92. The molecular formula is C33H45N3O4. The van der Waals surface area contributed by atoms with Crippen LogP contribution in [0, 0.1) is 13.8 Å². The van der Waals surface area contributed by atoms with Gasteiger partial charge in [-0.15, -0.1) is 0 Å². The molecule has 7 nitrogen and oxygen atoms in total. The number of ether oxygens (including phenoxy) is 1. The highest BCUT2D eigenvalue weighted by atomic mass is 16.6. The molecule has 0 heterocycles. The topological polar surface area (TPSA) is 87.7 Å². The fourth-order valence-electron chi connectivity index (χ4n) is 5.55. The molecule has 2 fully saturated rings. The van der Waals surface area contributed by atoms with Crippen LogP contribution in [0.2, 0.25) is 0 Å². The molecule has 2 N–H and O–H groups in total. The van der Waals surface area contributed by atoms with Crippen molar-refractivity contribution in [3.63, 3.8) is 0 Å². The van der Waals surface area contributed by atoms with Gasteiger partial charge in [0.1, 0.15) is 17.7 Å². The van der Waals surface area contributed by atoms with Gasteiger partial charge in [0, 0.05) is 18.5 Å². The molecule has 7 heteroatoms. The number of hydrogen-bond acceptors (Lipinski definition) is 4. The van der Waals surface area contributed by atoms with E-state index >= 15 is 0 Å². The summed E-state index contributed by atoms with van der Waals surface area (Å²) in [5.74, 6) is -0.404. The minimum atomic E-state index is -0.882. The molecule has 2 saturated carbocycles. The third kappa shape index (κ3) is 8.09. The van der Waals surface area contributed by atoms with Crippen LogP contribution in [-0.2, 0) is 20.7 Å². The van der Waals surface area contributed by atoms with E-state index in [1.54, 1.807) is 25.7 Å². The fraction of sp³-hybridized carbons (Fsp3) is 0.545. The molecule has 0 radical (unpaired) electrons. The van der Waals surface area contributed by atoms with E-state index in [9.17, 15) is 14.4 Å². The Hall–Kier alpha value is -3.35. The number of alkyl carbamates (subject to hydrolysis) is 1. The molecule has 2 aromatic rings. The Morgan fingerprint density at radius 2 is 1.62 bits per heavy atom. The van der Waals surface area contributed by atoms with Crippen molar-refractivity contribution in [2.24, 2.45) is 0 Å². The van der Waals surface area contributed by atoms with Gasteiger partial charge in [-0.3, -0.25) is 9.59 Å². The second kappa shape index (κ2) is 12.9. The van der Waals surface area contributed by atoms with Gasteiger partial charge in [0.05, 0.1) is 0 Å². The standard InChI is InChI=1S/C33H45N3O4/c1-22-16-17-23(2)27(20-22)29(30(37)34-25-14-10-7-11-15-25)36(26-18-19-26)31(38)28(21-24-12-8-6-9-13-24)35-32(39)40-33(3,4)5/h6,8-9,12-13,16-17,20,25-26,28-29H,7,10-11,14-15,18-19,21H2,1-5H3,(H,34,37)(H,35,39). The minimum absolute atomic E-state index is 0.0618. The van der Waals surface area contributed by atoms with Crippen molar-refractivity contribution in [2.45, 2.75) is 116 Å². The van der Waals surface area contributed by atoms with Gasteiger partial charge in [0.2, 0.25) is 11.8 Å². The number of aryl methyl sites for hydroxylation is 2. The van der Waals surface area contributed by atoms with Gasteiger partial charge in [-0.2, -0.15) is 0 Å². The van der Waals surface area contributed by atoms with Crippen LogP contribution in [0.3, 0.4) is 0 Å². The molecule has 2 unspecified atom stereocenters.